The molecular weight excluding hydrogens is 186 g/mol. The summed E-state index contributed by atoms with van der Waals surface area (Å²) in [6.07, 6.45) is 7.23. The zero-order valence-corrected chi connectivity index (χ0v) is 8.43. The Bertz CT molecular complexity index is 426. The molecular formula is C12H13N3. The van der Waals surface area contributed by atoms with Gasteiger partial charge in [-0.05, 0) is 36.1 Å². The molecule has 0 saturated heterocycles. The Kier molecular flexibility index (Phi) is 2.93. The second-order valence-corrected chi connectivity index (χ2v) is 3.41. The third-order valence-electron chi connectivity index (χ3n) is 2.33. The molecule has 2 aromatic rings. The summed E-state index contributed by atoms with van der Waals surface area (Å²) in [6, 6.07) is 7.94. The van der Waals surface area contributed by atoms with E-state index >= 15 is 0 Å². The highest BCUT2D eigenvalue weighted by molar-refractivity contribution is 5.38. The summed E-state index contributed by atoms with van der Waals surface area (Å²) in [4.78, 5) is 8.13. The van der Waals surface area contributed by atoms with Crippen LogP contribution in [0.15, 0.2) is 42.9 Å². The number of hydrogen-bond donors (Lipinski definition) is 1. The molecule has 0 unspecified atom stereocenters. The van der Waals surface area contributed by atoms with Crippen molar-refractivity contribution < 1.29 is 0 Å². The lowest BCUT2D eigenvalue weighted by Gasteiger charge is -2.03. The van der Waals surface area contributed by atoms with E-state index in [0.717, 1.165) is 18.4 Å². The van der Waals surface area contributed by atoms with Crippen LogP contribution in [0.2, 0.25) is 0 Å². The molecule has 0 amide bonds. The number of anilines is 1. The Morgan fingerprint density at radius 2 is 1.93 bits per heavy atom. The zero-order chi connectivity index (χ0) is 10.5. The number of rotatable bonds is 3. The van der Waals surface area contributed by atoms with Crippen LogP contribution in [0, 0.1) is 0 Å². The van der Waals surface area contributed by atoms with Crippen LogP contribution < -0.4 is 5.73 Å². The number of aryl methyl sites for hydroxylation is 2. The largest absolute Gasteiger partial charge is 0.383 e. The molecule has 0 aliphatic rings. The SMILES string of the molecule is Nc1ncccc1CCc1cccnc1. The molecule has 0 atom stereocenters. The van der Waals surface area contributed by atoms with Crippen molar-refractivity contribution in [2.75, 3.05) is 5.73 Å². The van der Waals surface area contributed by atoms with E-state index in [0.29, 0.717) is 5.82 Å². The molecule has 76 valence electrons. The molecule has 2 rings (SSSR count). The molecule has 3 heteroatoms. The summed E-state index contributed by atoms with van der Waals surface area (Å²) < 4.78 is 0. The predicted molar refractivity (Wildman–Crippen MR) is 60.3 cm³/mol. The highest BCUT2D eigenvalue weighted by atomic mass is 14.8. The first-order chi connectivity index (χ1) is 7.36. The summed E-state index contributed by atoms with van der Waals surface area (Å²) >= 11 is 0. The lowest BCUT2D eigenvalue weighted by atomic mass is 10.1. The number of nitrogen functional groups attached to an aromatic ring is 1. The molecule has 0 aliphatic heterocycles. The Morgan fingerprint density at radius 3 is 2.67 bits per heavy atom. The summed E-state index contributed by atoms with van der Waals surface area (Å²) in [6.45, 7) is 0. The summed E-state index contributed by atoms with van der Waals surface area (Å²) in [5.74, 6) is 0.626. The van der Waals surface area contributed by atoms with E-state index in [9.17, 15) is 0 Å². The van der Waals surface area contributed by atoms with Gasteiger partial charge in [-0.2, -0.15) is 0 Å². The maximum Gasteiger partial charge on any atom is 0.126 e. The average Bonchev–Trinajstić information content (AvgIpc) is 2.29. The molecule has 0 radical (unpaired) electrons. The van der Waals surface area contributed by atoms with Crippen molar-refractivity contribution in [3.05, 3.63) is 54.0 Å². The highest BCUT2D eigenvalue weighted by Crippen LogP contribution is 2.10. The molecule has 0 spiro atoms. The van der Waals surface area contributed by atoms with Crippen LogP contribution in [-0.4, -0.2) is 9.97 Å². The minimum Gasteiger partial charge on any atom is -0.383 e. The van der Waals surface area contributed by atoms with E-state index in [1.807, 2.05) is 24.4 Å². The fraction of sp³-hybridized carbons (Fsp3) is 0.167. The van der Waals surface area contributed by atoms with Crippen molar-refractivity contribution in [2.45, 2.75) is 12.8 Å². The second-order valence-electron chi connectivity index (χ2n) is 3.41. The summed E-state index contributed by atoms with van der Waals surface area (Å²) in [7, 11) is 0. The highest BCUT2D eigenvalue weighted by Gasteiger charge is 1.99. The van der Waals surface area contributed by atoms with Crippen LogP contribution in [0.4, 0.5) is 5.82 Å². The van der Waals surface area contributed by atoms with Gasteiger partial charge in [0.2, 0.25) is 0 Å². The lowest BCUT2D eigenvalue weighted by Crippen LogP contribution is -1.99. The van der Waals surface area contributed by atoms with E-state index in [4.69, 9.17) is 5.73 Å². The van der Waals surface area contributed by atoms with Crippen molar-refractivity contribution in [3.63, 3.8) is 0 Å². The molecule has 0 bridgehead atoms. The number of aromatic nitrogens is 2. The van der Waals surface area contributed by atoms with Gasteiger partial charge in [-0.15, -0.1) is 0 Å². The Morgan fingerprint density at radius 1 is 1.07 bits per heavy atom. The van der Waals surface area contributed by atoms with Gasteiger partial charge < -0.3 is 5.73 Å². The predicted octanol–water partition coefficient (Wildman–Crippen LogP) is 1.84. The normalized spacial score (nSPS) is 10.1. The Balaban J connectivity index is 2.03. The Labute approximate surface area is 89.0 Å². The van der Waals surface area contributed by atoms with E-state index in [1.54, 1.807) is 12.4 Å². The van der Waals surface area contributed by atoms with Crippen molar-refractivity contribution in [2.24, 2.45) is 0 Å². The van der Waals surface area contributed by atoms with E-state index < -0.39 is 0 Å². The third kappa shape index (κ3) is 2.53. The van der Waals surface area contributed by atoms with Crippen LogP contribution in [0.1, 0.15) is 11.1 Å². The van der Waals surface area contributed by atoms with E-state index in [2.05, 4.69) is 16.0 Å². The monoisotopic (exact) mass is 199 g/mol. The van der Waals surface area contributed by atoms with Crippen LogP contribution in [0.3, 0.4) is 0 Å². The van der Waals surface area contributed by atoms with Crippen molar-refractivity contribution in [1.29, 1.82) is 0 Å². The molecule has 2 aromatic heterocycles. The Hall–Kier alpha value is -1.90. The van der Waals surface area contributed by atoms with Crippen molar-refractivity contribution in [3.8, 4) is 0 Å². The first kappa shape index (κ1) is 9.65. The van der Waals surface area contributed by atoms with Gasteiger partial charge in [-0.1, -0.05) is 12.1 Å². The van der Waals surface area contributed by atoms with Gasteiger partial charge in [-0.25, -0.2) is 4.98 Å². The third-order valence-corrected chi connectivity index (χ3v) is 2.33. The molecule has 2 N–H and O–H groups in total. The summed E-state index contributed by atoms with van der Waals surface area (Å²) in [5, 5.41) is 0. The van der Waals surface area contributed by atoms with Gasteiger partial charge in [-0.3, -0.25) is 4.98 Å². The molecule has 0 aromatic carbocycles. The number of nitrogens with two attached hydrogens (primary N) is 1. The fourth-order valence-corrected chi connectivity index (χ4v) is 1.49. The average molecular weight is 199 g/mol. The lowest BCUT2D eigenvalue weighted by molar-refractivity contribution is 0.945. The smallest absolute Gasteiger partial charge is 0.126 e. The molecule has 0 fully saturated rings. The summed E-state index contributed by atoms with van der Waals surface area (Å²) in [5.41, 5.74) is 8.08. The zero-order valence-electron chi connectivity index (χ0n) is 8.43. The van der Waals surface area contributed by atoms with Gasteiger partial charge in [0.25, 0.3) is 0 Å². The van der Waals surface area contributed by atoms with Crippen LogP contribution in [0.5, 0.6) is 0 Å². The number of hydrogen-bond acceptors (Lipinski definition) is 3. The molecule has 0 saturated carbocycles. The van der Waals surface area contributed by atoms with Gasteiger partial charge in [0.15, 0.2) is 0 Å². The minimum atomic E-state index is 0.626. The maximum atomic E-state index is 5.76. The molecule has 2 heterocycles. The topological polar surface area (TPSA) is 51.8 Å². The van der Waals surface area contributed by atoms with Gasteiger partial charge in [0, 0.05) is 18.6 Å². The fourth-order valence-electron chi connectivity index (χ4n) is 1.49. The van der Waals surface area contributed by atoms with Gasteiger partial charge >= 0.3 is 0 Å². The van der Waals surface area contributed by atoms with Gasteiger partial charge in [0.1, 0.15) is 5.82 Å². The van der Waals surface area contributed by atoms with Crippen LogP contribution >= 0.6 is 0 Å². The maximum absolute atomic E-state index is 5.76. The minimum absolute atomic E-state index is 0.626. The van der Waals surface area contributed by atoms with Crippen LogP contribution in [0.25, 0.3) is 0 Å². The second kappa shape index (κ2) is 4.55. The number of nitrogens with zero attached hydrogens (tertiary/aromatic N) is 2. The first-order valence-corrected chi connectivity index (χ1v) is 4.94. The standard InChI is InChI=1S/C12H13N3/c13-12-11(4-2-8-15-12)6-5-10-3-1-7-14-9-10/h1-4,7-9H,5-6H2,(H2,13,15). The van der Waals surface area contributed by atoms with Crippen molar-refractivity contribution in [1.82, 2.24) is 9.97 Å². The first-order valence-electron chi connectivity index (χ1n) is 4.94. The molecule has 3 nitrogen and oxygen atoms in total. The van der Waals surface area contributed by atoms with Crippen molar-refractivity contribution >= 4 is 5.82 Å². The molecule has 0 aliphatic carbocycles. The quantitative estimate of drug-likeness (QED) is 0.820. The molecule has 15 heavy (non-hydrogen) atoms. The van der Waals surface area contributed by atoms with E-state index in [-0.39, 0.29) is 0 Å². The number of pyridine rings is 2. The van der Waals surface area contributed by atoms with Crippen LogP contribution in [-0.2, 0) is 12.8 Å². The van der Waals surface area contributed by atoms with Gasteiger partial charge in [0.05, 0.1) is 0 Å². The van der Waals surface area contributed by atoms with E-state index in [1.165, 1.54) is 5.56 Å².